The van der Waals surface area contributed by atoms with Crippen molar-refractivity contribution in [2.24, 2.45) is 0 Å². The van der Waals surface area contributed by atoms with Crippen LogP contribution in [0.3, 0.4) is 0 Å². The van der Waals surface area contributed by atoms with E-state index in [1.807, 2.05) is 84.2 Å². The Balaban J connectivity index is 1.60. The van der Waals surface area contributed by atoms with Crippen LogP contribution in [0.2, 0.25) is 0 Å². The lowest BCUT2D eigenvalue weighted by atomic mass is 9.80. The fourth-order valence-corrected chi connectivity index (χ4v) is 9.96. The second-order valence-corrected chi connectivity index (χ2v) is 17.4. The minimum atomic E-state index is -3.67. The fourth-order valence-electron chi connectivity index (χ4n) is 5.52. The normalized spacial score (nSPS) is 16.4. The highest BCUT2D eigenvalue weighted by Crippen LogP contribution is 2.53. The zero-order chi connectivity index (χ0) is 30.4. The molecule has 0 unspecified atom stereocenters. The van der Waals surface area contributed by atoms with Crippen molar-refractivity contribution in [3.05, 3.63) is 144 Å². The Hall–Kier alpha value is -2.55. The van der Waals surface area contributed by atoms with Gasteiger partial charge in [-0.3, -0.25) is 0 Å². The maximum atomic E-state index is 13.7. The van der Waals surface area contributed by atoms with Crippen molar-refractivity contribution in [1.82, 2.24) is 4.72 Å². The first kappa shape index (κ1) is 31.9. The summed E-state index contributed by atoms with van der Waals surface area (Å²) in [6.07, 6.45) is 1.73. The molecule has 1 atom stereocenters. The molecule has 4 aromatic carbocycles. The van der Waals surface area contributed by atoms with E-state index in [4.69, 9.17) is 4.74 Å². The predicted octanol–water partition coefficient (Wildman–Crippen LogP) is 8.19. The summed E-state index contributed by atoms with van der Waals surface area (Å²) in [6, 6.07) is 40.8. The highest BCUT2D eigenvalue weighted by molar-refractivity contribution is 8.18. The molecule has 1 aliphatic rings. The minimum absolute atomic E-state index is 0.184. The lowest BCUT2D eigenvalue weighted by molar-refractivity contribution is 0.00149. The van der Waals surface area contributed by atoms with Gasteiger partial charge in [-0.05, 0) is 67.4 Å². The molecule has 1 heterocycles. The quantitative estimate of drug-likeness (QED) is 0.169. The van der Waals surface area contributed by atoms with Crippen LogP contribution >= 0.6 is 23.5 Å². The van der Waals surface area contributed by atoms with Crippen LogP contribution in [0.25, 0.3) is 0 Å². The van der Waals surface area contributed by atoms with E-state index in [0.717, 1.165) is 34.6 Å². The summed E-state index contributed by atoms with van der Waals surface area (Å²) in [6.45, 7) is 5.41. The van der Waals surface area contributed by atoms with Crippen molar-refractivity contribution < 1.29 is 13.2 Å². The number of sulfonamides is 1. The van der Waals surface area contributed by atoms with Gasteiger partial charge < -0.3 is 4.74 Å². The molecular formula is C36H41NO3S3. The van der Waals surface area contributed by atoms with Gasteiger partial charge in [-0.15, -0.1) is 23.5 Å². The van der Waals surface area contributed by atoms with E-state index in [0.29, 0.717) is 6.42 Å². The highest BCUT2D eigenvalue weighted by Gasteiger charge is 2.43. The number of thioether (sulfide) groups is 2. The molecule has 1 N–H and O–H groups in total. The molecule has 0 bridgehead atoms. The van der Waals surface area contributed by atoms with E-state index < -0.39 is 26.4 Å². The summed E-state index contributed by atoms with van der Waals surface area (Å²) in [4.78, 5) is 0. The van der Waals surface area contributed by atoms with Crippen molar-refractivity contribution in [2.75, 3.05) is 18.1 Å². The molecule has 0 amide bonds. The van der Waals surface area contributed by atoms with Crippen molar-refractivity contribution in [3.63, 3.8) is 0 Å². The highest BCUT2D eigenvalue weighted by atomic mass is 32.2. The predicted molar refractivity (Wildman–Crippen MR) is 183 cm³/mol. The van der Waals surface area contributed by atoms with E-state index >= 15 is 0 Å². The largest absolute Gasteiger partial charge is 0.359 e. The van der Waals surface area contributed by atoms with Crippen molar-refractivity contribution in [1.29, 1.82) is 0 Å². The molecule has 0 radical (unpaired) electrons. The fraction of sp³-hybridized carbons (Fsp3) is 0.333. The van der Waals surface area contributed by atoms with Crippen LogP contribution in [0.4, 0.5) is 0 Å². The molecule has 0 aromatic heterocycles. The van der Waals surface area contributed by atoms with Crippen LogP contribution in [0.5, 0.6) is 0 Å². The first-order valence-corrected chi connectivity index (χ1v) is 18.3. The second kappa shape index (κ2) is 13.6. The molecule has 0 spiro atoms. The summed E-state index contributed by atoms with van der Waals surface area (Å²) >= 11 is 3.84. The molecule has 1 saturated heterocycles. The third-order valence-electron chi connectivity index (χ3n) is 7.86. The Kier molecular flexibility index (Phi) is 10.1. The standard InChI is InChI=1S/C36H41NO3S3/c1-34(2,3)43(38,39)37-33(27-35(41-25-16-26-42-35)29-17-8-4-9-18-29)28-40-36(30-19-10-5-11-20-30,31-21-12-6-13-22-31)32-23-14-7-15-24-32/h4-15,17-24,33,37H,16,25-28H2,1-3H3/t33-/m1/s1. The summed E-state index contributed by atoms with van der Waals surface area (Å²) in [5.41, 5.74) is 3.24. The number of rotatable bonds is 11. The zero-order valence-corrected chi connectivity index (χ0v) is 27.6. The molecule has 5 rings (SSSR count). The van der Waals surface area contributed by atoms with E-state index in [-0.39, 0.29) is 10.7 Å². The summed E-state index contributed by atoms with van der Waals surface area (Å²) in [5, 5.41) is 0. The van der Waals surface area contributed by atoms with Crippen molar-refractivity contribution in [3.8, 4) is 0 Å². The first-order chi connectivity index (χ1) is 20.7. The zero-order valence-electron chi connectivity index (χ0n) is 25.1. The van der Waals surface area contributed by atoms with Crippen LogP contribution in [0, 0.1) is 0 Å². The smallest absolute Gasteiger partial charge is 0.216 e. The molecular weight excluding hydrogens is 591 g/mol. The third kappa shape index (κ3) is 7.07. The second-order valence-electron chi connectivity index (χ2n) is 11.9. The maximum absolute atomic E-state index is 13.7. The van der Waals surface area contributed by atoms with Crippen molar-refractivity contribution >= 4 is 33.5 Å². The van der Waals surface area contributed by atoms with E-state index in [2.05, 4.69) is 65.4 Å². The van der Waals surface area contributed by atoms with Gasteiger partial charge in [-0.2, -0.15) is 0 Å². The number of benzene rings is 4. The van der Waals surface area contributed by atoms with Gasteiger partial charge in [0.05, 0.1) is 15.4 Å². The van der Waals surface area contributed by atoms with Crippen LogP contribution < -0.4 is 4.72 Å². The molecule has 43 heavy (non-hydrogen) atoms. The summed E-state index contributed by atoms with van der Waals surface area (Å²) in [5.74, 6) is 2.06. The Morgan fingerprint density at radius 1 is 0.721 bits per heavy atom. The number of ether oxygens (including phenoxy) is 1. The van der Waals surface area contributed by atoms with Gasteiger partial charge in [0.1, 0.15) is 5.60 Å². The molecule has 0 aliphatic carbocycles. The monoisotopic (exact) mass is 631 g/mol. The first-order valence-electron chi connectivity index (χ1n) is 14.8. The van der Waals surface area contributed by atoms with Gasteiger partial charge in [0.2, 0.25) is 10.0 Å². The Bertz CT molecular complexity index is 1440. The number of hydrogen-bond donors (Lipinski definition) is 1. The topological polar surface area (TPSA) is 55.4 Å². The SMILES string of the molecule is CC(C)(C)S(=O)(=O)N[C@@H](COC(c1ccccc1)(c1ccccc1)c1ccccc1)CC1(c2ccccc2)SCCCS1. The molecule has 226 valence electrons. The van der Waals surface area contributed by atoms with Gasteiger partial charge in [0.25, 0.3) is 0 Å². The lowest BCUT2D eigenvalue weighted by Gasteiger charge is -2.41. The van der Waals surface area contributed by atoms with Crippen LogP contribution in [-0.2, 0) is 24.4 Å². The van der Waals surface area contributed by atoms with Crippen LogP contribution in [-0.4, -0.2) is 37.3 Å². The van der Waals surface area contributed by atoms with Crippen LogP contribution in [0.1, 0.15) is 55.9 Å². The average Bonchev–Trinajstić information content (AvgIpc) is 3.03. The summed E-state index contributed by atoms with van der Waals surface area (Å²) < 4.78 is 36.5. The Morgan fingerprint density at radius 3 is 1.56 bits per heavy atom. The molecule has 7 heteroatoms. The molecule has 4 aromatic rings. The Labute approximate surface area is 266 Å². The minimum Gasteiger partial charge on any atom is -0.359 e. The third-order valence-corrected chi connectivity index (χ3v) is 13.5. The molecule has 4 nitrogen and oxygen atoms in total. The molecule has 0 saturated carbocycles. The van der Waals surface area contributed by atoms with E-state index in [9.17, 15) is 8.42 Å². The molecule has 1 fully saturated rings. The number of hydrogen-bond acceptors (Lipinski definition) is 5. The van der Waals surface area contributed by atoms with Gasteiger partial charge in [0.15, 0.2) is 0 Å². The molecule has 1 aliphatic heterocycles. The van der Waals surface area contributed by atoms with E-state index in [1.165, 1.54) is 5.56 Å². The number of nitrogens with one attached hydrogen (secondary N) is 1. The van der Waals surface area contributed by atoms with Gasteiger partial charge in [0, 0.05) is 6.04 Å². The van der Waals surface area contributed by atoms with E-state index in [1.54, 1.807) is 20.8 Å². The van der Waals surface area contributed by atoms with Gasteiger partial charge in [-0.25, -0.2) is 13.1 Å². The average molecular weight is 632 g/mol. The van der Waals surface area contributed by atoms with Crippen molar-refractivity contribution in [2.45, 2.75) is 54.1 Å². The Morgan fingerprint density at radius 2 is 1.14 bits per heavy atom. The summed E-state index contributed by atoms with van der Waals surface area (Å²) in [7, 11) is -3.67. The maximum Gasteiger partial charge on any atom is 0.216 e. The van der Waals surface area contributed by atoms with Gasteiger partial charge >= 0.3 is 0 Å². The van der Waals surface area contributed by atoms with Gasteiger partial charge in [-0.1, -0.05) is 121 Å². The lowest BCUT2D eigenvalue weighted by Crippen LogP contribution is -2.49. The van der Waals surface area contributed by atoms with Crippen LogP contribution in [0.15, 0.2) is 121 Å².